The normalized spacial score (nSPS) is 11.5. The molecule has 17 N–H and O–H groups in total. The van der Waals surface area contributed by atoms with Crippen molar-refractivity contribution in [2.24, 2.45) is 5.73 Å². The monoisotopic (exact) mass is 858 g/mol. The van der Waals surface area contributed by atoms with Crippen molar-refractivity contribution in [1.82, 2.24) is 14.7 Å². The largest absolute Gasteiger partial charge is 0.481 e. The van der Waals surface area contributed by atoms with Crippen LogP contribution in [0.2, 0.25) is 0 Å². The Morgan fingerprint density at radius 3 is 0.796 bits per heavy atom. The van der Waals surface area contributed by atoms with Gasteiger partial charge in [0.2, 0.25) is 0 Å². The fourth-order valence-electron chi connectivity index (χ4n) is 3.11. The lowest BCUT2D eigenvalue weighted by atomic mass is 9.96. The Morgan fingerprint density at radius 1 is 0.444 bits per heavy atom. The molecule has 0 spiro atoms. The highest BCUT2D eigenvalue weighted by Crippen LogP contribution is 2.45. The Bertz CT molecular complexity index is 1280. The Hall–Kier alpha value is -3.99. The molecule has 0 aromatic rings. The average molecular weight is 858 g/mol. The minimum Gasteiger partial charge on any atom is -0.481 e. The number of hydrogen-bond donors (Lipinski definition) is 16. The van der Waals surface area contributed by atoms with E-state index >= 15 is 0 Å². The predicted octanol–water partition coefficient (Wildman–Crippen LogP) is -5.60. The van der Waals surface area contributed by atoms with Crippen LogP contribution in [0.5, 0.6) is 0 Å². The Morgan fingerprint density at radius 2 is 0.667 bits per heavy atom. The molecule has 0 atom stereocenters. The Labute approximate surface area is 301 Å². The molecular formula is C21H41N4O26P3. The Balaban J connectivity index is -0.000000332. The first-order valence-electron chi connectivity index (χ1n) is 13.5. The highest BCUT2D eigenvalue weighted by atomic mass is 31.2. The van der Waals surface area contributed by atoms with Gasteiger partial charge in [0.05, 0.1) is 45.6 Å². The van der Waals surface area contributed by atoms with Gasteiger partial charge >= 0.3 is 70.5 Å². The van der Waals surface area contributed by atoms with E-state index in [0.717, 1.165) is 9.80 Å². The van der Waals surface area contributed by atoms with Gasteiger partial charge in [-0.2, -0.15) is 0 Å². The van der Waals surface area contributed by atoms with Gasteiger partial charge in [0.1, 0.15) is 18.9 Å². The predicted molar refractivity (Wildman–Crippen MR) is 170 cm³/mol. The molecule has 0 aliphatic heterocycles. The second-order valence-corrected chi connectivity index (χ2v) is 15.0. The summed E-state index contributed by atoms with van der Waals surface area (Å²) in [5.74, 6) is -10.9. The molecule has 0 heterocycles. The SMILES string of the molecule is NCC(=O)O.O=C(O)CC(O)(CC(=O)O)C(=O)O.O=C(O)CN(CCN(CC(=O)O)CC(=O)O)CC(=O)O.O=P(O)(O)CN(CP(=O)(O)O)CP(=O)(O)O. The molecule has 0 aliphatic carbocycles. The van der Waals surface area contributed by atoms with Crippen molar-refractivity contribution in [2.45, 2.75) is 18.4 Å². The lowest BCUT2D eigenvalue weighted by molar-refractivity contribution is -0.170. The van der Waals surface area contributed by atoms with E-state index in [0.29, 0.717) is 4.90 Å². The molecule has 0 unspecified atom stereocenters. The lowest BCUT2D eigenvalue weighted by Crippen LogP contribution is -2.43. The summed E-state index contributed by atoms with van der Waals surface area (Å²) in [4.78, 5) is 136. The number of nitrogens with zero attached hydrogens (tertiary/aromatic N) is 3. The number of aliphatic hydroxyl groups is 1. The fourth-order valence-corrected chi connectivity index (χ4v) is 5.74. The maximum atomic E-state index is 10.6. The first-order valence-corrected chi connectivity index (χ1v) is 18.9. The van der Waals surface area contributed by atoms with Crippen molar-refractivity contribution < 1.29 is 127 Å². The van der Waals surface area contributed by atoms with Crippen molar-refractivity contribution in [3.05, 3.63) is 0 Å². The van der Waals surface area contributed by atoms with Crippen molar-refractivity contribution in [1.29, 1.82) is 0 Å². The summed E-state index contributed by atoms with van der Waals surface area (Å²) in [5.41, 5.74) is 1.83. The van der Waals surface area contributed by atoms with Crippen LogP contribution in [-0.2, 0) is 52.1 Å². The van der Waals surface area contributed by atoms with Gasteiger partial charge in [0.15, 0.2) is 5.60 Å². The van der Waals surface area contributed by atoms with Crippen molar-refractivity contribution in [3.8, 4) is 0 Å². The number of hydrogen-bond acceptors (Lipinski definition) is 16. The zero-order valence-corrected chi connectivity index (χ0v) is 30.1. The average Bonchev–Trinajstić information content (AvgIpc) is 2.87. The summed E-state index contributed by atoms with van der Waals surface area (Å²) >= 11 is 0. The highest BCUT2D eigenvalue weighted by Gasteiger charge is 2.40. The number of carboxylic acids is 8. The summed E-state index contributed by atoms with van der Waals surface area (Å²) in [7, 11) is -14.0. The second kappa shape index (κ2) is 26.7. The van der Waals surface area contributed by atoms with Gasteiger partial charge in [0.25, 0.3) is 0 Å². The third-order valence-corrected chi connectivity index (χ3v) is 7.09. The highest BCUT2D eigenvalue weighted by molar-refractivity contribution is 7.53. The molecule has 0 aromatic carbocycles. The zero-order chi connectivity index (χ0) is 43.8. The molecule has 0 rings (SSSR count). The van der Waals surface area contributed by atoms with E-state index in [-0.39, 0.29) is 19.6 Å². The summed E-state index contributed by atoms with van der Waals surface area (Å²) in [6, 6.07) is 0. The van der Waals surface area contributed by atoms with Crippen LogP contribution >= 0.6 is 22.8 Å². The molecule has 0 fully saturated rings. The first kappa shape index (κ1) is 56.7. The maximum absolute atomic E-state index is 10.6. The van der Waals surface area contributed by atoms with Crippen LogP contribution in [0.3, 0.4) is 0 Å². The van der Waals surface area contributed by atoms with E-state index in [2.05, 4.69) is 5.73 Å². The topological polar surface area (TPSA) is 527 Å². The van der Waals surface area contributed by atoms with Gasteiger partial charge in [-0.3, -0.25) is 62.0 Å². The molecule has 0 radical (unpaired) electrons. The zero-order valence-electron chi connectivity index (χ0n) is 27.4. The molecule has 54 heavy (non-hydrogen) atoms. The van der Waals surface area contributed by atoms with Crippen molar-refractivity contribution in [3.63, 3.8) is 0 Å². The van der Waals surface area contributed by atoms with Gasteiger partial charge in [-0.1, -0.05) is 0 Å². The molecule has 316 valence electrons. The van der Waals surface area contributed by atoms with Gasteiger partial charge in [-0.15, -0.1) is 0 Å². The molecule has 0 amide bonds. The molecule has 0 saturated carbocycles. The fraction of sp³-hybridized carbons (Fsp3) is 0.619. The van der Waals surface area contributed by atoms with Crippen molar-refractivity contribution >= 4 is 70.5 Å². The minimum absolute atomic E-state index is 0.0703. The molecule has 0 saturated heterocycles. The van der Waals surface area contributed by atoms with Crippen LogP contribution < -0.4 is 5.73 Å². The summed E-state index contributed by atoms with van der Waals surface area (Å²) in [5, 5.41) is 75.9. The summed E-state index contributed by atoms with van der Waals surface area (Å²) in [6.45, 7) is -2.53. The third-order valence-electron chi connectivity index (χ3n) is 4.78. The van der Waals surface area contributed by atoms with Crippen molar-refractivity contribution in [2.75, 3.05) is 64.7 Å². The second-order valence-electron chi connectivity index (χ2n) is 10.2. The van der Waals surface area contributed by atoms with Crippen LogP contribution in [0.15, 0.2) is 0 Å². The number of carbonyl (C=O) groups is 8. The van der Waals surface area contributed by atoms with E-state index < -0.39 is 134 Å². The minimum atomic E-state index is -4.65. The van der Waals surface area contributed by atoms with E-state index in [9.17, 15) is 52.1 Å². The molecule has 0 aliphatic rings. The smallest absolute Gasteiger partial charge is 0.339 e. The van der Waals surface area contributed by atoms with E-state index in [1.807, 2.05) is 0 Å². The van der Waals surface area contributed by atoms with Crippen LogP contribution in [0.1, 0.15) is 12.8 Å². The van der Waals surface area contributed by atoms with Crippen LogP contribution in [-0.4, -0.2) is 208 Å². The molecule has 0 bridgehead atoms. The first-order chi connectivity index (χ1) is 24.0. The van der Waals surface area contributed by atoms with Gasteiger partial charge in [-0.05, 0) is 0 Å². The lowest BCUT2D eigenvalue weighted by Gasteiger charge is -2.23. The maximum Gasteiger partial charge on any atom is 0.339 e. The number of carboxylic acid groups (broad SMARTS) is 8. The number of rotatable bonds is 23. The quantitative estimate of drug-likeness (QED) is 0.0426. The Kier molecular flexibility index (Phi) is 28.1. The van der Waals surface area contributed by atoms with Crippen LogP contribution in [0.4, 0.5) is 0 Å². The van der Waals surface area contributed by atoms with Gasteiger partial charge < -0.3 is 81.1 Å². The molecule has 0 aromatic heterocycles. The molecule has 30 nitrogen and oxygen atoms in total. The van der Waals surface area contributed by atoms with Crippen LogP contribution in [0, 0.1) is 0 Å². The standard InChI is InChI=1S/C10H16N2O8.C6H8O7.C3H12NO9P3.C2H5NO2/c13-7(14)3-11(4-8(15)16)1-2-12(5-9(17)18)6-10(19)20;7-3(8)1-6(13,5(11)12)2-4(9)10;5-14(6,7)1-4(2-15(8,9)10)3-16(11,12)13;3-1-2(4)5/h1-6H2,(H,13,14)(H,15,16)(H,17,18)(H,19,20);13H,1-2H2,(H,7,8)(H,9,10)(H,11,12);1-3H2,(H2,5,6,7)(H2,8,9,10)(H2,11,12,13);1,3H2,(H,4,5). The van der Waals surface area contributed by atoms with E-state index in [1.54, 1.807) is 0 Å². The van der Waals surface area contributed by atoms with E-state index in [1.165, 1.54) is 0 Å². The number of nitrogens with two attached hydrogens (primary N) is 1. The van der Waals surface area contributed by atoms with Crippen LogP contribution in [0.25, 0.3) is 0 Å². The van der Waals surface area contributed by atoms with Gasteiger partial charge in [-0.25, -0.2) is 4.79 Å². The summed E-state index contributed by atoms with van der Waals surface area (Å²) in [6.07, 6.45) is -5.70. The summed E-state index contributed by atoms with van der Waals surface area (Å²) < 4.78 is 31.7. The van der Waals surface area contributed by atoms with Gasteiger partial charge in [0, 0.05) is 13.1 Å². The number of aliphatic carboxylic acids is 8. The van der Waals surface area contributed by atoms with E-state index in [4.69, 9.17) is 75.3 Å². The third kappa shape index (κ3) is 42.4. The molecular weight excluding hydrogens is 817 g/mol. The molecule has 33 heteroatoms.